The molecule has 1 amide bonds. The summed E-state index contributed by atoms with van der Waals surface area (Å²) in [5.41, 5.74) is 1.66. The van der Waals surface area contributed by atoms with Crippen LogP contribution >= 0.6 is 11.6 Å². The number of aliphatic hydroxyl groups is 1. The summed E-state index contributed by atoms with van der Waals surface area (Å²) >= 11 is 6.22. The Kier molecular flexibility index (Phi) is 5.91. The molecular weight excluding hydrogens is 444 g/mol. The summed E-state index contributed by atoms with van der Waals surface area (Å²) in [5, 5.41) is 11.4. The van der Waals surface area contributed by atoms with E-state index in [0.717, 1.165) is 5.69 Å². The van der Waals surface area contributed by atoms with E-state index in [9.17, 15) is 14.7 Å². The predicted molar refractivity (Wildman–Crippen MR) is 127 cm³/mol. The van der Waals surface area contributed by atoms with Crippen LogP contribution in [0.5, 0.6) is 5.75 Å². The summed E-state index contributed by atoms with van der Waals surface area (Å²) in [5.74, 6) is -0.504. The number of rotatable bonds is 5. The highest BCUT2D eigenvalue weighted by Gasteiger charge is 2.48. The second-order valence-electron chi connectivity index (χ2n) is 7.88. The summed E-state index contributed by atoms with van der Waals surface area (Å²) in [6.45, 7) is 1.77. The maximum absolute atomic E-state index is 13.2. The molecule has 3 aromatic rings. The first-order valence-corrected chi connectivity index (χ1v) is 10.6. The molecule has 1 unspecified atom stereocenters. The molecule has 1 fully saturated rings. The van der Waals surface area contributed by atoms with Gasteiger partial charge in [-0.2, -0.15) is 0 Å². The number of carbonyl (C=O) groups excluding carboxylic acids is 2. The van der Waals surface area contributed by atoms with Crippen molar-refractivity contribution in [2.75, 3.05) is 31.0 Å². The Morgan fingerprint density at radius 2 is 1.79 bits per heavy atom. The first-order valence-electron chi connectivity index (χ1n) is 10.2. The number of ketones is 1. The zero-order valence-electron chi connectivity index (χ0n) is 18.6. The zero-order valence-corrected chi connectivity index (χ0v) is 19.4. The molecule has 4 rings (SSSR count). The van der Waals surface area contributed by atoms with Crippen LogP contribution in [0.1, 0.15) is 23.1 Å². The van der Waals surface area contributed by atoms with E-state index < -0.39 is 17.7 Å². The second-order valence-corrected chi connectivity index (χ2v) is 8.28. The molecule has 0 aliphatic carbocycles. The highest BCUT2D eigenvalue weighted by Crippen LogP contribution is 2.43. The molecule has 1 aromatic heterocycles. The van der Waals surface area contributed by atoms with Gasteiger partial charge in [0.05, 0.1) is 17.7 Å². The molecule has 1 saturated heterocycles. The molecule has 8 heteroatoms. The van der Waals surface area contributed by atoms with E-state index in [1.54, 1.807) is 43.3 Å². The number of nitrogens with zero attached hydrogens (tertiary/aromatic N) is 2. The van der Waals surface area contributed by atoms with Gasteiger partial charge < -0.3 is 19.2 Å². The van der Waals surface area contributed by atoms with Crippen LogP contribution in [0.4, 0.5) is 11.4 Å². The largest absolute Gasteiger partial charge is 0.507 e. The van der Waals surface area contributed by atoms with E-state index in [1.807, 2.05) is 31.1 Å². The van der Waals surface area contributed by atoms with Gasteiger partial charge in [0.1, 0.15) is 29.1 Å². The van der Waals surface area contributed by atoms with Crippen molar-refractivity contribution >= 4 is 40.4 Å². The van der Waals surface area contributed by atoms with Gasteiger partial charge in [-0.1, -0.05) is 11.6 Å². The van der Waals surface area contributed by atoms with E-state index in [0.29, 0.717) is 23.0 Å². The number of methoxy groups -OCH3 is 1. The fraction of sp³-hybridized carbons (Fsp3) is 0.200. The molecule has 1 atom stereocenters. The number of hydrogen-bond donors (Lipinski definition) is 1. The second kappa shape index (κ2) is 8.67. The average molecular weight is 467 g/mol. The number of anilines is 2. The molecule has 0 radical (unpaired) electrons. The zero-order chi connectivity index (χ0) is 23.9. The number of hydrogen-bond acceptors (Lipinski definition) is 6. The van der Waals surface area contributed by atoms with Crippen LogP contribution in [0.15, 0.2) is 64.6 Å². The van der Waals surface area contributed by atoms with Gasteiger partial charge in [-0.05, 0) is 61.5 Å². The van der Waals surface area contributed by atoms with Gasteiger partial charge in [-0.25, -0.2) is 0 Å². The van der Waals surface area contributed by atoms with Crippen LogP contribution in [0.3, 0.4) is 0 Å². The Hall–Kier alpha value is -3.71. The number of carbonyl (C=O) groups is 2. The molecule has 0 spiro atoms. The lowest BCUT2D eigenvalue weighted by Gasteiger charge is -2.24. The number of aryl methyl sites for hydroxylation is 1. The first-order chi connectivity index (χ1) is 15.7. The number of furan rings is 1. The highest BCUT2D eigenvalue weighted by molar-refractivity contribution is 6.51. The molecule has 2 aromatic carbocycles. The van der Waals surface area contributed by atoms with Crippen molar-refractivity contribution in [1.29, 1.82) is 0 Å². The number of amides is 1. The van der Waals surface area contributed by atoms with E-state index >= 15 is 0 Å². The lowest BCUT2D eigenvalue weighted by molar-refractivity contribution is -0.132. The van der Waals surface area contributed by atoms with Crippen LogP contribution in [-0.4, -0.2) is 38.0 Å². The molecule has 33 heavy (non-hydrogen) atoms. The molecule has 2 heterocycles. The normalized spacial score (nSPS) is 17.5. The van der Waals surface area contributed by atoms with Crippen LogP contribution in [0.25, 0.3) is 5.76 Å². The van der Waals surface area contributed by atoms with Gasteiger partial charge in [0, 0.05) is 31.0 Å². The lowest BCUT2D eigenvalue weighted by Crippen LogP contribution is -2.29. The summed E-state index contributed by atoms with van der Waals surface area (Å²) < 4.78 is 11.0. The quantitative estimate of drug-likeness (QED) is 0.325. The average Bonchev–Trinajstić information content (AvgIpc) is 3.34. The molecule has 0 saturated carbocycles. The summed E-state index contributed by atoms with van der Waals surface area (Å²) in [6, 6.07) is 14.4. The van der Waals surface area contributed by atoms with Crippen molar-refractivity contribution in [3.8, 4) is 5.75 Å². The van der Waals surface area contributed by atoms with Gasteiger partial charge in [0.15, 0.2) is 0 Å². The molecule has 170 valence electrons. The summed E-state index contributed by atoms with van der Waals surface area (Å²) in [4.78, 5) is 29.6. The van der Waals surface area contributed by atoms with Gasteiger partial charge in [-0.15, -0.1) is 0 Å². The van der Waals surface area contributed by atoms with Crippen molar-refractivity contribution in [2.45, 2.75) is 13.0 Å². The third-order valence-electron chi connectivity index (χ3n) is 5.54. The minimum absolute atomic E-state index is 0.0766. The Balaban J connectivity index is 1.89. The van der Waals surface area contributed by atoms with E-state index in [1.165, 1.54) is 18.1 Å². The predicted octanol–water partition coefficient (Wildman–Crippen LogP) is 4.94. The van der Waals surface area contributed by atoms with Crippen LogP contribution in [0, 0.1) is 6.92 Å². The van der Waals surface area contributed by atoms with E-state index in [2.05, 4.69) is 0 Å². The molecule has 1 aliphatic heterocycles. The maximum atomic E-state index is 13.2. The third kappa shape index (κ3) is 3.96. The molecular formula is C25H23ClN2O5. The van der Waals surface area contributed by atoms with E-state index in [4.69, 9.17) is 20.8 Å². The molecule has 0 bridgehead atoms. The Bertz CT molecular complexity index is 1260. The smallest absolute Gasteiger partial charge is 0.300 e. The van der Waals surface area contributed by atoms with Gasteiger partial charge >= 0.3 is 0 Å². The number of ether oxygens (including phenoxy) is 1. The molecule has 1 N–H and O–H groups in total. The topological polar surface area (TPSA) is 83.2 Å². The molecule has 7 nitrogen and oxygen atoms in total. The van der Waals surface area contributed by atoms with E-state index in [-0.39, 0.29) is 21.9 Å². The van der Waals surface area contributed by atoms with Gasteiger partial charge in [0.2, 0.25) is 0 Å². The van der Waals surface area contributed by atoms with Crippen molar-refractivity contribution in [2.24, 2.45) is 0 Å². The minimum Gasteiger partial charge on any atom is -0.507 e. The number of aliphatic hydroxyl groups excluding tert-OH is 1. The summed E-state index contributed by atoms with van der Waals surface area (Å²) in [7, 11) is 5.30. The standard InChI is InChI=1S/C25H23ClN2O5/c1-14-5-11-20(33-14)22-21(23(29)15-6-12-19(32-4)18(26)13-15)24(30)25(31)28(22)17-9-7-16(8-10-17)27(2)3/h5-13,22,29H,1-4H3/b23-21-. The maximum Gasteiger partial charge on any atom is 0.300 e. The number of Topliss-reactive ketones (excluding diaryl/α,β-unsaturated/α-hetero) is 1. The van der Waals surface area contributed by atoms with Crippen molar-refractivity contribution in [1.82, 2.24) is 0 Å². The number of halogens is 1. The van der Waals surface area contributed by atoms with Crippen LogP contribution in [0.2, 0.25) is 5.02 Å². The van der Waals surface area contributed by atoms with Crippen molar-refractivity contribution in [3.63, 3.8) is 0 Å². The highest BCUT2D eigenvalue weighted by atomic mass is 35.5. The van der Waals surface area contributed by atoms with Gasteiger partial charge in [0.25, 0.3) is 11.7 Å². The van der Waals surface area contributed by atoms with Gasteiger partial charge in [-0.3, -0.25) is 14.5 Å². The summed E-state index contributed by atoms with van der Waals surface area (Å²) in [6.07, 6.45) is 0. The minimum atomic E-state index is -0.940. The Morgan fingerprint density at radius 1 is 1.09 bits per heavy atom. The fourth-order valence-corrected chi connectivity index (χ4v) is 4.11. The lowest BCUT2D eigenvalue weighted by atomic mass is 9.99. The third-order valence-corrected chi connectivity index (χ3v) is 5.84. The van der Waals surface area contributed by atoms with Crippen molar-refractivity contribution in [3.05, 3.63) is 82.3 Å². The number of benzene rings is 2. The Labute approximate surface area is 196 Å². The SMILES string of the molecule is COc1ccc(/C(O)=C2/C(=O)C(=O)N(c3ccc(N(C)C)cc3)C2c2ccc(C)o2)cc1Cl. The van der Waals surface area contributed by atoms with Crippen LogP contribution in [-0.2, 0) is 9.59 Å². The Morgan fingerprint density at radius 3 is 2.33 bits per heavy atom. The monoisotopic (exact) mass is 466 g/mol. The van der Waals surface area contributed by atoms with Crippen LogP contribution < -0.4 is 14.5 Å². The fourth-order valence-electron chi connectivity index (χ4n) is 3.85. The van der Waals surface area contributed by atoms with Crippen molar-refractivity contribution < 1.29 is 23.8 Å². The first kappa shape index (κ1) is 22.5. The molecule has 1 aliphatic rings.